The van der Waals surface area contributed by atoms with Crippen molar-refractivity contribution >= 4 is 34.2 Å². The minimum absolute atomic E-state index is 0.608. The van der Waals surface area contributed by atoms with E-state index in [-0.39, 0.29) is 0 Å². The van der Waals surface area contributed by atoms with Crippen molar-refractivity contribution in [2.75, 3.05) is 13.1 Å². The number of rotatable bonds is 5. The predicted molar refractivity (Wildman–Crippen MR) is 73.1 cm³/mol. The van der Waals surface area contributed by atoms with E-state index < -0.39 is 0 Å². The Balaban J connectivity index is 2.20. The number of hydrogen-bond donors (Lipinski definition) is 1. The average Bonchev–Trinajstić information content (AvgIpc) is 2.75. The quantitative estimate of drug-likeness (QED) is 0.822. The molecule has 1 N–H and O–H groups in total. The Labute approximate surface area is 111 Å². The molecule has 0 aliphatic rings. The number of halogens is 2. The lowest BCUT2D eigenvalue weighted by Gasteiger charge is -2.02. The lowest BCUT2D eigenvalue weighted by atomic mass is 10.1. The van der Waals surface area contributed by atoms with E-state index in [0.717, 1.165) is 36.9 Å². The molecule has 0 atom stereocenters. The van der Waals surface area contributed by atoms with Gasteiger partial charge in [-0.1, -0.05) is 30.1 Å². The maximum Gasteiger partial charge on any atom is 0.154 e. The van der Waals surface area contributed by atoms with Crippen LogP contribution in [-0.4, -0.2) is 13.1 Å². The van der Waals surface area contributed by atoms with Gasteiger partial charge in [0.1, 0.15) is 0 Å². The summed E-state index contributed by atoms with van der Waals surface area (Å²) in [5.74, 6) is 0. The van der Waals surface area contributed by atoms with E-state index in [1.54, 1.807) is 12.3 Å². The molecule has 0 radical (unpaired) electrons. The van der Waals surface area contributed by atoms with Gasteiger partial charge in [-0.15, -0.1) is 0 Å². The molecule has 0 bridgehead atoms. The Bertz CT molecular complexity index is 507. The SMILES string of the molecule is CCCNCCc1coc2c(Cl)ccc(Cl)c12. The molecule has 1 aromatic carbocycles. The van der Waals surface area contributed by atoms with Gasteiger partial charge in [0.25, 0.3) is 0 Å². The van der Waals surface area contributed by atoms with Crippen LogP contribution in [0.3, 0.4) is 0 Å². The van der Waals surface area contributed by atoms with Gasteiger partial charge in [0.05, 0.1) is 16.3 Å². The molecular weight excluding hydrogens is 257 g/mol. The molecule has 2 aromatic rings. The monoisotopic (exact) mass is 271 g/mol. The Morgan fingerprint density at radius 1 is 1.18 bits per heavy atom. The molecule has 2 nitrogen and oxygen atoms in total. The van der Waals surface area contributed by atoms with E-state index in [1.165, 1.54) is 0 Å². The summed E-state index contributed by atoms with van der Waals surface area (Å²) in [6.07, 6.45) is 3.78. The largest absolute Gasteiger partial charge is 0.462 e. The second-order valence-electron chi connectivity index (χ2n) is 3.99. The summed E-state index contributed by atoms with van der Waals surface area (Å²) in [5, 5.41) is 5.60. The van der Waals surface area contributed by atoms with Gasteiger partial charge in [0, 0.05) is 10.9 Å². The highest BCUT2D eigenvalue weighted by Crippen LogP contribution is 2.33. The van der Waals surface area contributed by atoms with E-state index in [0.29, 0.717) is 15.6 Å². The molecule has 1 heterocycles. The number of benzene rings is 1. The number of furan rings is 1. The van der Waals surface area contributed by atoms with Gasteiger partial charge in [-0.3, -0.25) is 0 Å². The van der Waals surface area contributed by atoms with Crippen LogP contribution in [0.4, 0.5) is 0 Å². The molecular formula is C13H15Cl2NO. The molecule has 2 rings (SSSR count). The van der Waals surface area contributed by atoms with E-state index in [9.17, 15) is 0 Å². The number of hydrogen-bond acceptors (Lipinski definition) is 2. The third kappa shape index (κ3) is 2.76. The van der Waals surface area contributed by atoms with Crippen LogP contribution in [0, 0.1) is 0 Å². The lowest BCUT2D eigenvalue weighted by Crippen LogP contribution is -2.17. The molecule has 0 saturated carbocycles. The second-order valence-corrected chi connectivity index (χ2v) is 4.81. The van der Waals surface area contributed by atoms with Crippen molar-refractivity contribution in [2.45, 2.75) is 19.8 Å². The standard InChI is InChI=1S/C13H15Cl2NO/c1-2-6-16-7-5-9-8-17-13-11(15)4-3-10(14)12(9)13/h3-4,8,16H,2,5-7H2,1H3. The second kappa shape index (κ2) is 5.76. The van der Waals surface area contributed by atoms with Gasteiger partial charge in [-0.2, -0.15) is 0 Å². The van der Waals surface area contributed by atoms with Gasteiger partial charge in [0.2, 0.25) is 0 Å². The molecule has 92 valence electrons. The Kier molecular flexibility index (Phi) is 4.32. The first-order valence-corrected chi connectivity index (χ1v) is 6.54. The van der Waals surface area contributed by atoms with Crippen molar-refractivity contribution in [2.24, 2.45) is 0 Å². The van der Waals surface area contributed by atoms with Crippen molar-refractivity contribution in [1.29, 1.82) is 0 Å². The van der Waals surface area contributed by atoms with Crippen LogP contribution in [0.5, 0.6) is 0 Å². The highest BCUT2D eigenvalue weighted by Gasteiger charge is 2.12. The van der Waals surface area contributed by atoms with E-state index in [2.05, 4.69) is 12.2 Å². The fraction of sp³-hybridized carbons (Fsp3) is 0.385. The fourth-order valence-corrected chi connectivity index (χ4v) is 2.32. The molecule has 4 heteroatoms. The summed E-state index contributed by atoms with van der Waals surface area (Å²) in [6.45, 7) is 4.10. The topological polar surface area (TPSA) is 25.2 Å². The summed E-state index contributed by atoms with van der Waals surface area (Å²) in [5.41, 5.74) is 1.79. The molecule has 1 aromatic heterocycles. The fourth-order valence-electron chi connectivity index (χ4n) is 1.85. The molecule has 0 unspecified atom stereocenters. The van der Waals surface area contributed by atoms with Gasteiger partial charge in [-0.05, 0) is 38.1 Å². The molecule has 0 spiro atoms. The summed E-state index contributed by atoms with van der Waals surface area (Å²) < 4.78 is 5.47. The van der Waals surface area contributed by atoms with Crippen LogP contribution in [0.25, 0.3) is 11.0 Å². The zero-order valence-electron chi connectivity index (χ0n) is 9.72. The van der Waals surface area contributed by atoms with E-state index >= 15 is 0 Å². The average molecular weight is 272 g/mol. The third-order valence-corrected chi connectivity index (χ3v) is 3.31. The number of fused-ring (bicyclic) bond motifs is 1. The zero-order chi connectivity index (χ0) is 12.3. The van der Waals surface area contributed by atoms with Crippen LogP contribution in [0.2, 0.25) is 10.0 Å². The van der Waals surface area contributed by atoms with Crippen LogP contribution in [0.15, 0.2) is 22.8 Å². The Hall–Kier alpha value is -0.700. The molecule has 17 heavy (non-hydrogen) atoms. The van der Waals surface area contributed by atoms with Gasteiger partial charge in [-0.25, -0.2) is 0 Å². The first-order valence-electron chi connectivity index (χ1n) is 5.78. The molecule has 0 saturated heterocycles. The van der Waals surface area contributed by atoms with Crippen molar-refractivity contribution in [3.8, 4) is 0 Å². The maximum absolute atomic E-state index is 6.18. The Morgan fingerprint density at radius 3 is 2.71 bits per heavy atom. The molecule has 0 fully saturated rings. The summed E-state index contributed by atoms with van der Waals surface area (Å²) >= 11 is 12.2. The summed E-state index contributed by atoms with van der Waals surface area (Å²) in [4.78, 5) is 0. The highest BCUT2D eigenvalue weighted by molar-refractivity contribution is 6.39. The summed E-state index contributed by atoms with van der Waals surface area (Å²) in [7, 11) is 0. The van der Waals surface area contributed by atoms with Gasteiger partial charge < -0.3 is 9.73 Å². The van der Waals surface area contributed by atoms with Crippen LogP contribution in [0.1, 0.15) is 18.9 Å². The van der Waals surface area contributed by atoms with E-state index in [1.807, 2.05) is 6.07 Å². The van der Waals surface area contributed by atoms with Crippen LogP contribution in [-0.2, 0) is 6.42 Å². The molecule has 0 aliphatic carbocycles. The summed E-state index contributed by atoms with van der Waals surface area (Å²) in [6, 6.07) is 3.57. The van der Waals surface area contributed by atoms with Gasteiger partial charge in [0.15, 0.2) is 5.58 Å². The van der Waals surface area contributed by atoms with Crippen molar-refractivity contribution in [3.63, 3.8) is 0 Å². The van der Waals surface area contributed by atoms with Crippen LogP contribution < -0.4 is 5.32 Å². The maximum atomic E-state index is 6.18. The van der Waals surface area contributed by atoms with Crippen molar-refractivity contribution in [3.05, 3.63) is 34.0 Å². The van der Waals surface area contributed by atoms with Gasteiger partial charge >= 0.3 is 0 Å². The normalized spacial score (nSPS) is 11.2. The minimum atomic E-state index is 0.608. The smallest absolute Gasteiger partial charge is 0.154 e. The first-order chi connectivity index (χ1) is 8.24. The highest BCUT2D eigenvalue weighted by atomic mass is 35.5. The van der Waals surface area contributed by atoms with Crippen molar-refractivity contribution in [1.82, 2.24) is 5.32 Å². The minimum Gasteiger partial charge on any atom is -0.462 e. The molecule has 0 amide bonds. The van der Waals surface area contributed by atoms with E-state index in [4.69, 9.17) is 27.6 Å². The number of nitrogens with one attached hydrogen (secondary N) is 1. The van der Waals surface area contributed by atoms with Crippen molar-refractivity contribution < 1.29 is 4.42 Å². The zero-order valence-corrected chi connectivity index (χ0v) is 11.2. The first kappa shape index (κ1) is 12.7. The lowest BCUT2D eigenvalue weighted by molar-refractivity contribution is 0.605. The predicted octanol–water partition coefficient (Wildman–Crippen LogP) is 4.28. The molecule has 0 aliphatic heterocycles. The Morgan fingerprint density at radius 2 is 1.94 bits per heavy atom. The van der Waals surface area contributed by atoms with Crippen LogP contribution >= 0.6 is 23.2 Å². The third-order valence-electron chi connectivity index (χ3n) is 2.70.